The monoisotopic (exact) mass is 427 g/mol. The first kappa shape index (κ1) is 21.8. The highest BCUT2D eigenvalue weighted by Gasteiger charge is 2.53. The smallest absolute Gasteiger partial charge is 0.309 e. The van der Waals surface area contributed by atoms with E-state index in [1.165, 1.54) is 31.7 Å². The van der Waals surface area contributed by atoms with Crippen LogP contribution in [0.1, 0.15) is 51.5 Å². The van der Waals surface area contributed by atoms with Gasteiger partial charge in [-0.05, 0) is 68.2 Å². The number of cyclic esters (lactones) is 1. The Kier molecular flexibility index (Phi) is 6.31. The third kappa shape index (κ3) is 4.32. The summed E-state index contributed by atoms with van der Waals surface area (Å²) in [4.78, 5) is 12.4. The van der Waals surface area contributed by atoms with Crippen molar-refractivity contribution in [1.82, 2.24) is 0 Å². The Bertz CT molecular complexity index is 935. The highest BCUT2D eigenvalue weighted by Crippen LogP contribution is 2.53. The zero-order valence-corrected chi connectivity index (χ0v) is 18.2. The van der Waals surface area contributed by atoms with E-state index in [-0.39, 0.29) is 35.4 Å². The third-order valence-corrected chi connectivity index (χ3v) is 7.49. The molecule has 0 spiro atoms. The Morgan fingerprint density at radius 2 is 1.97 bits per heavy atom. The molecular weight excluding hydrogens is 396 g/mol. The van der Waals surface area contributed by atoms with Crippen LogP contribution in [0, 0.1) is 41.2 Å². The van der Waals surface area contributed by atoms with E-state index in [2.05, 4.69) is 6.08 Å². The molecule has 5 heteroatoms. The molecule has 1 heterocycles. The van der Waals surface area contributed by atoms with Gasteiger partial charge < -0.3 is 10.5 Å². The molecule has 31 heavy (non-hydrogen) atoms. The molecule has 1 aromatic carbocycles. The van der Waals surface area contributed by atoms with Crippen molar-refractivity contribution in [2.75, 3.05) is 0 Å². The zero-order chi connectivity index (χ0) is 22.1. The summed E-state index contributed by atoms with van der Waals surface area (Å²) in [6.07, 6.45) is 13.2. The SMILES string of the molecule is C\C(=C/C=C(N)/C=C/[C@H]1C2CCCCC2CC2C(=O)OC(C)C21)c1cccc(F)c1F. The molecule has 1 saturated heterocycles. The first-order chi connectivity index (χ1) is 14.9. The van der Waals surface area contributed by atoms with Crippen LogP contribution in [0.2, 0.25) is 0 Å². The summed E-state index contributed by atoms with van der Waals surface area (Å²) in [6.45, 7) is 3.73. The highest BCUT2D eigenvalue weighted by molar-refractivity contribution is 5.75. The summed E-state index contributed by atoms with van der Waals surface area (Å²) in [5.41, 5.74) is 7.59. The fourth-order valence-corrected chi connectivity index (χ4v) is 5.98. The van der Waals surface area contributed by atoms with Gasteiger partial charge in [0.1, 0.15) is 6.10 Å². The summed E-state index contributed by atoms with van der Waals surface area (Å²) in [7, 11) is 0. The number of allylic oxidation sites excluding steroid dienone is 5. The first-order valence-corrected chi connectivity index (χ1v) is 11.3. The Labute approximate surface area is 183 Å². The summed E-state index contributed by atoms with van der Waals surface area (Å²) in [5.74, 6) is -0.154. The standard InChI is InChI=1S/C26H31F2NO2/c1-15(19-8-5-9-23(27)25(19)28)10-11-18(29)12-13-21-20-7-4-3-6-17(20)14-22-24(21)16(2)31-26(22)30/h5,8-13,16-17,20-22,24H,3-4,6-7,14,29H2,1-2H3/b13-12+,15-10+,18-11-/t16?,17?,20?,21-,22?,24?/m0/s1. The van der Waals surface area contributed by atoms with E-state index in [0.29, 0.717) is 23.1 Å². The lowest BCUT2D eigenvalue weighted by atomic mass is 9.57. The van der Waals surface area contributed by atoms with Crippen LogP contribution in [0.15, 0.2) is 48.2 Å². The van der Waals surface area contributed by atoms with Gasteiger partial charge in [-0.15, -0.1) is 0 Å². The van der Waals surface area contributed by atoms with Crippen LogP contribution in [0.4, 0.5) is 8.78 Å². The van der Waals surface area contributed by atoms with Gasteiger partial charge in [0.25, 0.3) is 0 Å². The van der Waals surface area contributed by atoms with Gasteiger partial charge in [0.05, 0.1) is 5.92 Å². The van der Waals surface area contributed by atoms with Crippen molar-refractivity contribution in [3.8, 4) is 0 Å². The molecule has 6 atom stereocenters. The molecular formula is C26H31F2NO2. The zero-order valence-electron chi connectivity index (χ0n) is 18.2. The van der Waals surface area contributed by atoms with Crippen molar-refractivity contribution in [2.45, 2.75) is 52.1 Å². The molecule has 0 bridgehead atoms. The summed E-state index contributed by atoms with van der Waals surface area (Å²) in [6, 6.07) is 4.14. The molecule has 0 amide bonds. The maximum Gasteiger partial charge on any atom is 0.309 e. The number of nitrogens with two attached hydrogens (primary N) is 1. The number of hydrogen-bond acceptors (Lipinski definition) is 3. The molecule has 3 aliphatic rings. The lowest BCUT2D eigenvalue weighted by Crippen LogP contribution is -2.42. The molecule has 3 fully saturated rings. The van der Waals surface area contributed by atoms with Gasteiger partial charge in [-0.25, -0.2) is 8.78 Å². The summed E-state index contributed by atoms with van der Waals surface area (Å²) >= 11 is 0. The Balaban J connectivity index is 1.55. The molecule has 2 N–H and O–H groups in total. The number of fused-ring (bicyclic) bond motifs is 2. The quantitative estimate of drug-likeness (QED) is 0.490. The predicted octanol–water partition coefficient (Wildman–Crippen LogP) is 5.77. The van der Waals surface area contributed by atoms with Crippen molar-refractivity contribution in [2.24, 2.45) is 35.3 Å². The lowest BCUT2D eigenvalue weighted by Gasteiger charge is -2.45. The van der Waals surface area contributed by atoms with Gasteiger partial charge in [0, 0.05) is 17.2 Å². The molecule has 4 rings (SSSR count). The topological polar surface area (TPSA) is 52.3 Å². The second-order valence-electron chi connectivity index (χ2n) is 9.32. The van der Waals surface area contributed by atoms with E-state index in [1.54, 1.807) is 25.1 Å². The van der Waals surface area contributed by atoms with Crippen molar-refractivity contribution < 1.29 is 18.3 Å². The number of carbonyl (C=O) groups excluding carboxylic acids is 1. The van der Waals surface area contributed by atoms with Crippen molar-refractivity contribution in [1.29, 1.82) is 0 Å². The minimum absolute atomic E-state index is 0.00713. The molecule has 0 radical (unpaired) electrons. The molecule has 2 aliphatic carbocycles. The molecule has 0 aromatic heterocycles. The Morgan fingerprint density at radius 3 is 2.77 bits per heavy atom. The van der Waals surface area contributed by atoms with Crippen molar-refractivity contribution in [3.05, 3.63) is 65.4 Å². The van der Waals surface area contributed by atoms with Gasteiger partial charge >= 0.3 is 5.97 Å². The number of esters is 1. The van der Waals surface area contributed by atoms with Crippen molar-refractivity contribution in [3.63, 3.8) is 0 Å². The second-order valence-corrected chi connectivity index (χ2v) is 9.32. The third-order valence-electron chi connectivity index (χ3n) is 7.49. The van der Waals surface area contributed by atoms with Gasteiger partial charge in [-0.1, -0.05) is 43.5 Å². The Morgan fingerprint density at radius 1 is 1.19 bits per heavy atom. The first-order valence-electron chi connectivity index (χ1n) is 11.3. The van der Waals surface area contributed by atoms with Crippen LogP contribution in [0.25, 0.3) is 5.57 Å². The highest BCUT2D eigenvalue weighted by atomic mass is 19.2. The van der Waals surface area contributed by atoms with Crippen molar-refractivity contribution >= 4 is 11.5 Å². The fraction of sp³-hybridized carbons (Fsp3) is 0.500. The number of halogens is 2. The maximum absolute atomic E-state index is 14.0. The molecule has 1 aromatic rings. The molecule has 166 valence electrons. The Hall–Kier alpha value is -2.43. The molecule has 2 saturated carbocycles. The van der Waals surface area contributed by atoms with E-state index >= 15 is 0 Å². The maximum atomic E-state index is 14.0. The van der Waals surface area contributed by atoms with Crippen LogP contribution in [0.5, 0.6) is 0 Å². The predicted molar refractivity (Wildman–Crippen MR) is 118 cm³/mol. The average molecular weight is 428 g/mol. The molecule has 5 unspecified atom stereocenters. The van der Waals surface area contributed by atoms with Crippen LogP contribution < -0.4 is 5.73 Å². The number of hydrogen-bond donors (Lipinski definition) is 1. The minimum atomic E-state index is -0.863. The fourth-order valence-electron chi connectivity index (χ4n) is 5.98. The van der Waals surface area contributed by atoms with Gasteiger partial charge in [-0.3, -0.25) is 4.79 Å². The van der Waals surface area contributed by atoms with Crippen LogP contribution in [-0.2, 0) is 9.53 Å². The molecule has 1 aliphatic heterocycles. The van der Waals surface area contributed by atoms with E-state index in [4.69, 9.17) is 10.5 Å². The van der Waals surface area contributed by atoms with Crippen LogP contribution >= 0.6 is 0 Å². The van der Waals surface area contributed by atoms with E-state index in [9.17, 15) is 13.6 Å². The number of rotatable bonds is 4. The van der Waals surface area contributed by atoms with Crippen LogP contribution in [-0.4, -0.2) is 12.1 Å². The number of carbonyl (C=O) groups is 1. The summed E-state index contributed by atoms with van der Waals surface area (Å²) < 4.78 is 33.1. The second kappa shape index (κ2) is 8.97. The largest absolute Gasteiger partial charge is 0.462 e. The van der Waals surface area contributed by atoms with E-state index in [0.717, 1.165) is 12.5 Å². The van der Waals surface area contributed by atoms with Gasteiger partial charge in [0.2, 0.25) is 0 Å². The summed E-state index contributed by atoms with van der Waals surface area (Å²) in [5, 5.41) is 0. The van der Waals surface area contributed by atoms with E-state index < -0.39 is 11.6 Å². The van der Waals surface area contributed by atoms with Gasteiger partial charge in [-0.2, -0.15) is 0 Å². The number of benzene rings is 1. The average Bonchev–Trinajstić information content (AvgIpc) is 3.04. The normalized spacial score (nSPS) is 33.9. The molecule has 3 nitrogen and oxygen atoms in total. The number of ether oxygens (including phenoxy) is 1. The minimum Gasteiger partial charge on any atom is -0.462 e. The van der Waals surface area contributed by atoms with E-state index in [1.807, 2.05) is 13.0 Å². The van der Waals surface area contributed by atoms with Gasteiger partial charge in [0.15, 0.2) is 11.6 Å². The van der Waals surface area contributed by atoms with Crippen LogP contribution in [0.3, 0.4) is 0 Å². The lowest BCUT2D eigenvalue weighted by molar-refractivity contribution is -0.144.